The molecule has 3 heterocycles. The fourth-order valence-electron chi connectivity index (χ4n) is 5.83. The van der Waals surface area contributed by atoms with Crippen LogP contribution in [0.3, 0.4) is 0 Å². The van der Waals surface area contributed by atoms with E-state index >= 15 is 0 Å². The largest absolute Gasteiger partial charge is 0.470 e. The Morgan fingerprint density at radius 2 is 1.76 bits per heavy atom. The lowest BCUT2D eigenvalue weighted by molar-refractivity contribution is -0.000141. The summed E-state index contributed by atoms with van der Waals surface area (Å²) in [5.41, 5.74) is 2.66. The molecule has 6 bridgehead atoms. The SMILES string of the molecule is Cc1cccc(C)c1-c1cc2nc(n1)NS(=O)(=O)c1cccc(c1)C(=O)N1CCN(C(=O)OC(C)(C)C)[C@H](CC(C)C)[C@@H](C1)O2. The molecule has 240 valence electrons. The topological polar surface area (TPSA) is 131 Å². The molecule has 45 heavy (non-hydrogen) atoms. The van der Waals surface area contributed by atoms with Crippen LogP contribution in [0.1, 0.15) is 62.5 Å². The van der Waals surface area contributed by atoms with Crippen molar-refractivity contribution >= 4 is 28.0 Å². The number of hydrogen-bond acceptors (Lipinski definition) is 8. The van der Waals surface area contributed by atoms with E-state index in [1.165, 1.54) is 18.2 Å². The first kappa shape index (κ1) is 32.2. The Bertz CT molecular complexity index is 1700. The molecule has 1 fully saturated rings. The van der Waals surface area contributed by atoms with Gasteiger partial charge in [0, 0.05) is 30.3 Å². The summed E-state index contributed by atoms with van der Waals surface area (Å²) in [6, 6.07) is 12.9. The van der Waals surface area contributed by atoms with Crippen molar-refractivity contribution < 1.29 is 27.5 Å². The number of hydrogen-bond donors (Lipinski definition) is 1. The van der Waals surface area contributed by atoms with Gasteiger partial charge >= 0.3 is 6.09 Å². The molecule has 12 heteroatoms. The summed E-state index contributed by atoms with van der Waals surface area (Å²) in [5, 5.41) is 0. The molecule has 2 amide bonds. The first-order chi connectivity index (χ1) is 21.1. The monoisotopic (exact) mass is 635 g/mol. The number of nitrogens with one attached hydrogen (secondary N) is 1. The van der Waals surface area contributed by atoms with Gasteiger partial charge < -0.3 is 14.4 Å². The molecule has 11 nitrogen and oxygen atoms in total. The number of amides is 2. The molecule has 5 rings (SSSR count). The van der Waals surface area contributed by atoms with E-state index in [9.17, 15) is 18.0 Å². The number of aromatic nitrogens is 2. The third kappa shape index (κ3) is 7.22. The normalized spacial score (nSPS) is 19.8. The summed E-state index contributed by atoms with van der Waals surface area (Å²) in [7, 11) is -4.17. The van der Waals surface area contributed by atoms with Crippen LogP contribution in [-0.2, 0) is 14.8 Å². The van der Waals surface area contributed by atoms with Crippen LogP contribution in [0.4, 0.5) is 10.7 Å². The van der Waals surface area contributed by atoms with Crippen molar-refractivity contribution in [2.45, 2.75) is 77.5 Å². The van der Waals surface area contributed by atoms with Crippen molar-refractivity contribution in [1.29, 1.82) is 0 Å². The second-order valence-electron chi connectivity index (χ2n) is 13.1. The third-order valence-electron chi connectivity index (χ3n) is 7.80. The smallest absolute Gasteiger partial charge is 0.410 e. The van der Waals surface area contributed by atoms with Crippen molar-refractivity contribution in [3.05, 3.63) is 65.2 Å². The maximum atomic E-state index is 13.9. The molecule has 0 radical (unpaired) electrons. The van der Waals surface area contributed by atoms with Gasteiger partial charge in [0.25, 0.3) is 15.9 Å². The zero-order valence-electron chi connectivity index (χ0n) is 26.8. The molecular weight excluding hydrogens is 594 g/mol. The minimum atomic E-state index is -4.17. The predicted octanol–water partition coefficient (Wildman–Crippen LogP) is 5.43. The van der Waals surface area contributed by atoms with Gasteiger partial charge in [-0.2, -0.15) is 4.98 Å². The molecule has 0 spiro atoms. The van der Waals surface area contributed by atoms with E-state index in [1.807, 2.05) is 52.8 Å². The number of rotatable bonds is 3. The average Bonchev–Trinajstić information content (AvgIpc) is 3.10. The van der Waals surface area contributed by atoms with E-state index in [1.54, 1.807) is 21.9 Å². The summed E-state index contributed by atoms with van der Waals surface area (Å²) in [4.78, 5) is 39.8. The van der Waals surface area contributed by atoms with Crippen LogP contribution in [0, 0.1) is 19.8 Å². The lowest BCUT2D eigenvalue weighted by Crippen LogP contribution is -2.51. The van der Waals surface area contributed by atoms with Gasteiger partial charge in [0.1, 0.15) is 11.7 Å². The van der Waals surface area contributed by atoms with E-state index < -0.39 is 33.9 Å². The van der Waals surface area contributed by atoms with Gasteiger partial charge in [0.2, 0.25) is 11.8 Å². The van der Waals surface area contributed by atoms with E-state index in [0.717, 1.165) is 16.7 Å². The third-order valence-corrected chi connectivity index (χ3v) is 9.12. The Morgan fingerprint density at radius 1 is 1.07 bits per heavy atom. The highest BCUT2D eigenvalue weighted by molar-refractivity contribution is 7.92. The summed E-state index contributed by atoms with van der Waals surface area (Å²) in [6.45, 7) is 14.0. The molecule has 2 aromatic carbocycles. The van der Waals surface area contributed by atoms with Gasteiger partial charge in [-0.3, -0.25) is 9.69 Å². The minimum Gasteiger partial charge on any atom is -0.470 e. The maximum Gasteiger partial charge on any atom is 0.410 e. The molecule has 2 aliphatic rings. The van der Waals surface area contributed by atoms with E-state index in [4.69, 9.17) is 9.47 Å². The quantitative estimate of drug-likeness (QED) is 0.403. The van der Waals surface area contributed by atoms with Crippen LogP contribution in [-0.4, -0.2) is 77.6 Å². The summed E-state index contributed by atoms with van der Waals surface area (Å²) in [5.74, 6) is -0.257. The minimum absolute atomic E-state index is 0.101. The van der Waals surface area contributed by atoms with Gasteiger partial charge in [-0.1, -0.05) is 38.1 Å². The van der Waals surface area contributed by atoms with Crippen LogP contribution in [0.15, 0.2) is 53.4 Å². The molecule has 1 saturated heterocycles. The van der Waals surface area contributed by atoms with Crippen molar-refractivity contribution in [2.24, 2.45) is 5.92 Å². The second-order valence-corrected chi connectivity index (χ2v) is 14.8. The zero-order chi connectivity index (χ0) is 32.7. The van der Waals surface area contributed by atoms with Crippen molar-refractivity contribution in [2.75, 3.05) is 24.4 Å². The van der Waals surface area contributed by atoms with Gasteiger partial charge in [-0.05, 0) is 76.3 Å². The van der Waals surface area contributed by atoms with Gasteiger partial charge in [0.05, 0.1) is 23.2 Å². The number of sulfonamides is 1. The Labute approximate surface area is 265 Å². The maximum absolute atomic E-state index is 13.9. The molecule has 1 N–H and O–H groups in total. The number of nitrogens with zero attached hydrogens (tertiary/aromatic N) is 4. The molecule has 0 unspecified atom stereocenters. The molecule has 2 aliphatic heterocycles. The number of ether oxygens (including phenoxy) is 2. The van der Waals surface area contributed by atoms with Gasteiger partial charge in [-0.25, -0.2) is 22.9 Å². The zero-order valence-corrected chi connectivity index (χ0v) is 27.6. The Morgan fingerprint density at radius 3 is 2.42 bits per heavy atom. The molecule has 1 aromatic heterocycles. The lowest BCUT2D eigenvalue weighted by Gasteiger charge is -2.36. The van der Waals surface area contributed by atoms with Gasteiger partial charge in [-0.15, -0.1) is 0 Å². The number of carbonyl (C=O) groups is 2. The fraction of sp³-hybridized carbons (Fsp3) is 0.455. The van der Waals surface area contributed by atoms with E-state index in [2.05, 4.69) is 28.5 Å². The van der Waals surface area contributed by atoms with E-state index in [0.29, 0.717) is 12.1 Å². The first-order valence-electron chi connectivity index (χ1n) is 15.2. The summed E-state index contributed by atoms with van der Waals surface area (Å²) in [6.07, 6.45) is -0.651. The van der Waals surface area contributed by atoms with Crippen LogP contribution >= 0.6 is 0 Å². The highest BCUT2D eigenvalue weighted by Crippen LogP contribution is 2.32. The Hall–Kier alpha value is -4.19. The van der Waals surface area contributed by atoms with E-state index in [-0.39, 0.29) is 53.7 Å². The second kappa shape index (κ2) is 12.3. The predicted molar refractivity (Wildman–Crippen MR) is 171 cm³/mol. The van der Waals surface area contributed by atoms with Gasteiger partial charge in [0.15, 0.2) is 0 Å². The molecule has 0 saturated carbocycles. The number of anilines is 1. The summed E-state index contributed by atoms with van der Waals surface area (Å²) >= 11 is 0. The van der Waals surface area contributed by atoms with Crippen molar-refractivity contribution in [3.8, 4) is 17.1 Å². The molecular formula is C33H41N5O6S. The Balaban J connectivity index is 1.71. The number of carbonyl (C=O) groups excluding carboxylic acids is 2. The van der Waals surface area contributed by atoms with Crippen molar-refractivity contribution in [3.63, 3.8) is 0 Å². The molecule has 2 atom stereocenters. The van der Waals surface area contributed by atoms with Crippen LogP contribution in [0.25, 0.3) is 11.3 Å². The van der Waals surface area contributed by atoms with Crippen LogP contribution < -0.4 is 9.46 Å². The number of benzene rings is 2. The summed E-state index contributed by atoms with van der Waals surface area (Å²) < 4.78 is 42.0. The van der Waals surface area contributed by atoms with Crippen molar-refractivity contribution in [1.82, 2.24) is 19.8 Å². The highest BCUT2D eigenvalue weighted by atomic mass is 32.2. The lowest BCUT2D eigenvalue weighted by atomic mass is 9.97. The first-order valence-corrected chi connectivity index (χ1v) is 16.6. The van der Waals surface area contributed by atoms with Crippen LogP contribution in [0.2, 0.25) is 0 Å². The van der Waals surface area contributed by atoms with Crippen LogP contribution in [0.5, 0.6) is 5.88 Å². The standard InChI is InChI=1S/C33H41N5O6S/c1-20(2)16-26-27-19-37(14-15-38(26)32(40)44-33(5,6)7)30(39)23-12-9-13-24(17-23)45(41,42)36-31-34-25(18-28(35-31)43-27)29-21(3)10-8-11-22(29)4/h8-13,17-18,20,26-27H,14-16,19H2,1-7H3,(H,34,35,36)/t26-,27-/m1/s1. The fourth-order valence-corrected chi connectivity index (χ4v) is 6.81. The average molecular weight is 636 g/mol. The highest BCUT2D eigenvalue weighted by Gasteiger charge is 2.40. The molecule has 0 aliphatic carbocycles. The number of fused-ring (bicyclic) bond motifs is 6. The molecule has 3 aromatic rings. The number of aryl methyl sites for hydroxylation is 2. The Kier molecular flexibility index (Phi) is 8.81.